The quantitative estimate of drug-likeness (QED) is 0.600. The lowest BCUT2D eigenvalue weighted by Crippen LogP contribution is -2.17. The van der Waals surface area contributed by atoms with Crippen molar-refractivity contribution in [3.63, 3.8) is 0 Å². The molecule has 2 aromatic carbocycles. The lowest BCUT2D eigenvalue weighted by molar-refractivity contribution is -0.274. The normalized spacial score (nSPS) is 11.1. The van der Waals surface area contributed by atoms with E-state index >= 15 is 0 Å². The molecule has 2 N–H and O–H groups in total. The molecule has 5 nitrogen and oxygen atoms in total. The fraction of sp³-hybridized carbons (Fsp3) is 0.111. The summed E-state index contributed by atoms with van der Waals surface area (Å²) in [5.74, 6) is 0.369. The molecule has 0 aliphatic heterocycles. The molecule has 0 aliphatic rings. The molecule has 9 heteroatoms. The van der Waals surface area contributed by atoms with Crippen LogP contribution in [0.4, 0.5) is 30.6 Å². The largest absolute Gasteiger partial charge is 0.573 e. The number of nitrogens with one attached hydrogen (secondary N) is 2. The fourth-order valence-corrected chi connectivity index (χ4v) is 2.53. The third-order valence-corrected chi connectivity index (χ3v) is 3.74. The molecule has 0 bridgehead atoms. The summed E-state index contributed by atoms with van der Waals surface area (Å²) in [6.45, 7) is 0. The van der Waals surface area contributed by atoms with Crippen molar-refractivity contribution < 1.29 is 17.9 Å². The summed E-state index contributed by atoms with van der Waals surface area (Å²) in [7, 11) is 1.69. The Morgan fingerprint density at radius 3 is 2.37 bits per heavy atom. The van der Waals surface area contributed by atoms with Crippen LogP contribution in [0.25, 0.3) is 11.3 Å². The number of anilines is 3. The zero-order valence-corrected chi connectivity index (χ0v) is 14.8. The number of aromatic nitrogens is 2. The van der Waals surface area contributed by atoms with E-state index in [1.807, 2.05) is 30.3 Å². The lowest BCUT2D eigenvalue weighted by Gasteiger charge is -2.13. The first-order valence-corrected chi connectivity index (χ1v) is 8.16. The first-order valence-electron chi connectivity index (χ1n) is 7.78. The highest BCUT2D eigenvalue weighted by Gasteiger charge is 2.32. The van der Waals surface area contributed by atoms with Gasteiger partial charge in [0.25, 0.3) is 0 Å². The smallest absolute Gasteiger partial charge is 0.404 e. The van der Waals surface area contributed by atoms with E-state index in [2.05, 4.69) is 25.3 Å². The van der Waals surface area contributed by atoms with Crippen LogP contribution in [0, 0.1) is 0 Å². The van der Waals surface area contributed by atoms with Crippen LogP contribution in [0.15, 0.2) is 54.6 Å². The van der Waals surface area contributed by atoms with Gasteiger partial charge < -0.3 is 15.4 Å². The van der Waals surface area contributed by atoms with Crippen LogP contribution >= 0.6 is 11.6 Å². The van der Waals surface area contributed by atoms with Crippen LogP contribution in [0.2, 0.25) is 5.02 Å². The average molecular weight is 395 g/mol. The topological polar surface area (TPSA) is 59.1 Å². The van der Waals surface area contributed by atoms with Crippen LogP contribution in [-0.4, -0.2) is 23.4 Å². The molecule has 140 valence electrons. The van der Waals surface area contributed by atoms with Crippen LogP contribution in [0.1, 0.15) is 0 Å². The van der Waals surface area contributed by atoms with Gasteiger partial charge in [0.15, 0.2) is 0 Å². The van der Waals surface area contributed by atoms with E-state index in [0.717, 1.165) is 11.6 Å². The van der Waals surface area contributed by atoms with Crippen LogP contribution < -0.4 is 15.4 Å². The monoisotopic (exact) mass is 394 g/mol. The van der Waals surface area contributed by atoms with Crippen molar-refractivity contribution in [2.75, 3.05) is 17.7 Å². The number of ether oxygens (including phenoxy) is 1. The van der Waals surface area contributed by atoms with Crippen LogP contribution in [0.5, 0.6) is 5.75 Å². The standard InChI is InChI=1S/C18H14ClF3N4O/c1-23-17-25-14(11-5-3-2-4-6-11)10-16(26-17)24-12-7-8-15(13(19)9-12)27-18(20,21)22/h2-10H,1H3,(H2,23,24,25,26). The van der Waals surface area contributed by atoms with Crippen molar-refractivity contribution in [1.82, 2.24) is 9.97 Å². The van der Waals surface area contributed by atoms with Gasteiger partial charge in [0.1, 0.15) is 11.6 Å². The molecule has 0 fully saturated rings. The van der Waals surface area contributed by atoms with Gasteiger partial charge in [0.05, 0.1) is 10.7 Å². The Bertz CT molecular complexity index is 936. The molecule has 0 unspecified atom stereocenters. The molecular weight excluding hydrogens is 381 g/mol. The molecule has 1 heterocycles. The SMILES string of the molecule is CNc1nc(Nc2ccc(OC(F)(F)F)c(Cl)c2)cc(-c2ccccc2)n1. The first-order chi connectivity index (χ1) is 12.8. The summed E-state index contributed by atoms with van der Waals surface area (Å²) in [4.78, 5) is 8.70. The summed E-state index contributed by atoms with van der Waals surface area (Å²) in [6, 6.07) is 15.1. The number of benzene rings is 2. The minimum Gasteiger partial charge on any atom is -0.404 e. The van der Waals surface area contributed by atoms with E-state index < -0.39 is 12.1 Å². The van der Waals surface area contributed by atoms with Crippen LogP contribution in [-0.2, 0) is 0 Å². The summed E-state index contributed by atoms with van der Waals surface area (Å²) < 4.78 is 40.9. The van der Waals surface area contributed by atoms with Gasteiger partial charge in [-0.3, -0.25) is 0 Å². The van der Waals surface area contributed by atoms with E-state index in [9.17, 15) is 13.2 Å². The predicted molar refractivity (Wildman–Crippen MR) is 98.4 cm³/mol. The Hall–Kier alpha value is -3.00. The highest BCUT2D eigenvalue weighted by Crippen LogP contribution is 2.33. The van der Waals surface area contributed by atoms with Gasteiger partial charge in [-0.2, -0.15) is 4.98 Å². The van der Waals surface area contributed by atoms with Crippen molar-refractivity contribution in [3.8, 4) is 17.0 Å². The molecule has 0 saturated carbocycles. The second-order valence-electron chi connectivity index (χ2n) is 5.40. The Labute approximate surface area is 158 Å². The highest BCUT2D eigenvalue weighted by molar-refractivity contribution is 6.32. The van der Waals surface area contributed by atoms with Gasteiger partial charge in [-0.05, 0) is 18.2 Å². The van der Waals surface area contributed by atoms with Gasteiger partial charge >= 0.3 is 6.36 Å². The Kier molecular flexibility index (Phi) is 5.36. The van der Waals surface area contributed by atoms with Crippen molar-refractivity contribution in [2.24, 2.45) is 0 Å². The van der Waals surface area contributed by atoms with Crippen molar-refractivity contribution in [2.45, 2.75) is 6.36 Å². The maximum Gasteiger partial charge on any atom is 0.573 e. The third-order valence-electron chi connectivity index (χ3n) is 3.45. The molecule has 0 amide bonds. The molecule has 0 atom stereocenters. The van der Waals surface area contributed by atoms with E-state index in [0.29, 0.717) is 23.1 Å². The zero-order chi connectivity index (χ0) is 19.4. The lowest BCUT2D eigenvalue weighted by atomic mass is 10.1. The molecule has 27 heavy (non-hydrogen) atoms. The minimum atomic E-state index is -4.81. The average Bonchev–Trinajstić information content (AvgIpc) is 2.63. The van der Waals surface area contributed by atoms with E-state index in [-0.39, 0.29) is 5.02 Å². The highest BCUT2D eigenvalue weighted by atomic mass is 35.5. The minimum absolute atomic E-state index is 0.177. The molecule has 0 spiro atoms. The summed E-state index contributed by atoms with van der Waals surface area (Å²) in [5, 5.41) is 5.71. The maximum atomic E-state index is 12.3. The summed E-state index contributed by atoms with van der Waals surface area (Å²) in [5.41, 5.74) is 2.03. The molecule has 1 aromatic heterocycles. The zero-order valence-electron chi connectivity index (χ0n) is 14.0. The van der Waals surface area contributed by atoms with E-state index in [1.54, 1.807) is 13.1 Å². The van der Waals surface area contributed by atoms with Crippen molar-refractivity contribution in [1.29, 1.82) is 0 Å². The first kappa shape index (κ1) is 18.8. The number of nitrogens with zero attached hydrogens (tertiary/aromatic N) is 2. The van der Waals surface area contributed by atoms with Gasteiger partial charge in [-0.25, -0.2) is 4.98 Å². The maximum absolute atomic E-state index is 12.3. The van der Waals surface area contributed by atoms with Crippen LogP contribution in [0.3, 0.4) is 0 Å². The van der Waals surface area contributed by atoms with Crippen molar-refractivity contribution >= 4 is 29.1 Å². The number of rotatable bonds is 5. The molecule has 0 aliphatic carbocycles. The Morgan fingerprint density at radius 1 is 1.00 bits per heavy atom. The summed E-state index contributed by atoms with van der Waals surface area (Å²) in [6.07, 6.45) is -4.81. The predicted octanol–water partition coefficient (Wildman–Crippen LogP) is 5.48. The number of hydrogen-bond donors (Lipinski definition) is 2. The second kappa shape index (κ2) is 7.71. The van der Waals surface area contributed by atoms with Gasteiger partial charge in [-0.15, -0.1) is 13.2 Å². The van der Waals surface area contributed by atoms with Gasteiger partial charge in [-0.1, -0.05) is 41.9 Å². The fourth-order valence-electron chi connectivity index (χ4n) is 2.31. The Balaban J connectivity index is 1.88. The molecule has 0 radical (unpaired) electrons. The van der Waals surface area contributed by atoms with E-state index in [4.69, 9.17) is 11.6 Å². The molecule has 0 saturated heterocycles. The number of alkyl halides is 3. The van der Waals surface area contributed by atoms with Gasteiger partial charge in [0.2, 0.25) is 5.95 Å². The second-order valence-corrected chi connectivity index (χ2v) is 5.80. The third kappa shape index (κ3) is 5.01. The molecule has 3 aromatic rings. The van der Waals surface area contributed by atoms with Crippen molar-refractivity contribution in [3.05, 3.63) is 59.6 Å². The summed E-state index contributed by atoms with van der Waals surface area (Å²) >= 11 is 5.88. The number of hydrogen-bond acceptors (Lipinski definition) is 5. The molecular formula is C18H14ClF3N4O. The Morgan fingerprint density at radius 2 is 1.74 bits per heavy atom. The van der Waals surface area contributed by atoms with Gasteiger partial charge in [0, 0.05) is 24.4 Å². The number of halogens is 4. The molecule has 3 rings (SSSR count). The van der Waals surface area contributed by atoms with E-state index in [1.165, 1.54) is 12.1 Å².